The zero-order valence-corrected chi connectivity index (χ0v) is 11.3. The Labute approximate surface area is 105 Å². The fourth-order valence-corrected chi connectivity index (χ4v) is 2.04. The van der Waals surface area contributed by atoms with E-state index in [1.54, 1.807) is 0 Å². The first-order valence-corrected chi connectivity index (χ1v) is 7.10. The standard InChI is InChI=1S/C9H18N4OS2/c1-7(2)9(14)8(12-16-15)5-3-4-6-11-13-10/h7-8,12,15H,3-6H2,1-2H3/t8-/m0/s1. The lowest BCUT2D eigenvalue weighted by atomic mass is 9.98. The zero-order valence-electron chi connectivity index (χ0n) is 9.59. The summed E-state index contributed by atoms with van der Waals surface area (Å²) in [6.45, 7) is 4.27. The minimum absolute atomic E-state index is 0.0233. The summed E-state index contributed by atoms with van der Waals surface area (Å²) in [5.41, 5.74) is 8.10. The average Bonchev–Trinajstić information content (AvgIpc) is 2.26. The van der Waals surface area contributed by atoms with Crippen molar-refractivity contribution in [2.24, 2.45) is 11.0 Å². The van der Waals surface area contributed by atoms with Crippen LogP contribution < -0.4 is 4.72 Å². The molecule has 0 saturated carbocycles. The summed E-state index contributed by atoms with van der Waals surface area (Å²) in [6, 6.07) is -0.159. The lowest BCUT2D eigenvalue weighted by Gasteiger charge is -2.17. The summed E-state index contributed by atoms with van der Waals surface area (Å²) in [4.78, 5) is 14.4. The number of Topliss-reactive ketones (excluding diaryl/α,β-unsaturated/α-hetero) is 1. The van der Waals surface area contributed by atoms with Gasteiger partial charge in [0.15, 0.2) is 5.78 Å². The number of hydrogen-bond donors (Lipinski definition) is 2. The first-order chi connectivity index (χ1) is 7.63. The Bertz CT molecular complexity index is 254. The second-order valence-corrected chi connectivity index (χ2v) is 4.74. The van der Waals surface area contributed by atoms with Crippen molar-refractivity contribution in [3.05, 3.63) is 10.4 Å². The molecule has 0 bridgehead atoms. The fraction of sp³-hybridized carbons (Fsp3) is 0.889. The van der Waals surface area contributed by atoms with Crippen molar-refractivity contribution < 1.29 is 4.79 Å². The van der Waals surface area contributed by atoms with Crippen molar-refractivity contribution in [2.45, 2.75) is 39.2 Å². The van der Waals surface area contributed by atoms with Crippen LogP contribution in [0.15, 0.2) is 5.11 Å². The minimum atomic E-state index is -0.159. The van der Waals surface area contributed by atoms with Crippen LogP contribution in [0, 0.1) is 5.92 Å². The Morgan fingerprint density at radius 3 is 2.75 bits per heavy atom. The molecule has 5 nitrogen and oxygen atoms in total. The van der Waals surface area contributed by atoms with Gasteiger partial charge in [-0.05, 0) is 29.4 Å². The molecule has 0 rings (SSSR count). The fourth-order valence-electron chi connectivity index (χ4n) is 1.30. The summed E-state index contributed by atoms with van der Waals surface area (Å²) >= 11 is 3.99. The van der Waals surface area contributed by atoms with Gasteiger partial charge >= 0.3 is 0 Å². The number of nitrogens with zero attached hydrogens (tertiary/aromatic N) is 3. The van der Waals surface area contributed by atoms with E-state index in [0.717, 1.165) is 19.3 Å². The van der Waals surface area contributed by atoms with Crippen LogP contribution in [0.3, 0.4) is 0 Å². The van der Waals surface area contributed by atoms with Gasteiger partial charge in [-0.2, -0.15) is 0 Å². The largest absolute Gasteiger partial charge is 0.298 e. The Kier molecular flexibility index (Phi) is 9.62. The summed E-state index contributed by atoms with van der Waals surface area (Å²) in [5, 5.41) is 3.45. The second-order valence-electron chi connectivity index (χ2n) is 3.77. The van der Waals surface area contributed by atoms with Gasteiger partial charge in [-0.1, -0.05) is 37.0 Å². The third kappa shape index (κ3) is 7.00. The van der Waals surface area contributed by atoms with Gasteiger partial charge in [0.1, 0.15) is 0 Å². The number of unbranched alkanes of at least 4 members (excludes halogenated alkanes) is 1. The van der Waals surface area contributed by atoms with Crippen LogP contribution in [0.2, 0.25) is 0 Å². The Hall–Kier alpha value is -0.360. The van der Waals surface area contributed by atoms with Gasteiger partial charge in [-0.3, -0.25) is 4.79 Å². The van der Waals surface area contributed by atoms with Crippen molar-refractivity contribution in [2.75, 3.05) is 6.54 Å². The van der Waals surface area contributed by atoms with Crippen LogP contribution >= 0.6 is 22.6 Å². The van der Waals surface area contributed by atoms with Crippen molar-refractivity contribution >= 4 is 28.4 Å². The number of ketones is 1. The van der Waals surface area contributed by atoms with E-state index in [-0.39, 0.29) is 17.7 Å². The summed E-state index contributed by atoms with van der Waals surface area (Å²) in [5.74, 6) is 0.223. The van der Waals surface area contributed by atoms with Gasteiger partial charge in [0.2, 0.25) is 0 Å². The van der Waals surface area contributed by atoms with Gasteiger partial charge in [-0.15, -0.1) is 0 Å². The van der Waals surface area contributed by atoms with Crippen LogP contribution in [-0.2, 0) is 4.79 Å². The molecule has 0 aromatic carbocycles. The predicted octanol–water partition coefficient (Wildman–Crippen LogP) is 3.14. The quantitative estimate of drug-likeness (QED) is 0.127. The molecule has 0 aromatic heterocycles. The summed E-state index contributed by atoms with van der Waals surface area (Å²) < 4.78 is 2.98. The molecule has 0 aliphatic heterocycles. The maximum atomic E-state index is 11.8. The molecule has 0 aliphatic rings. The lowest BCUT2D eigenvalue weighted by molar-refractivity contribution is -0.123. The molecule has 0 unspecified atom stereocenters. The lowest BCUT2D eigenvalue weighted by Crippen LogP contribution is -2.34. The van der Waals surface area contributed by atoms with Gasteiger partial charge in [0, 0.05) is 17.4 Å². The van der Waals surface area contributed by atoms with Crippen LogP contribution in [-0.4, -0.2) is 18.4 Å². The zero-order chi connectivity index (χ0) is 12.4. The molecule has 0 fully saturated rings. The van der Waals surface area contributed by atoms with Crippen molar-refractivity contribution in [1.82, 2.24) is 4.72 Å². The molecule has 0 spiro atoms. The maximum absolute atomic E-state index is 11.8. The normalized spacial score (nSPS) is 12.2. The topological polar surface area (TPSA) is 77.9 Å². The van der Waals surface area contributed by atoms with Crippen molar-refractivity contribution in [1.29, 1.82) is 0 Å². The molecule has 1 N–H and O–H groups in total. The molecule has 0 radical (unpaired) electrons. The molecule has 92 valence electrons. The van der Waals surface area contributed by atoms with E-state index in [1.165, 1.54) is 11.0 Å². The molecule has 0 aliphatic carbocycles. The van der Waals surface area contributed by atoms with Gasteiger partial charge in [-0.25, -0.2) is 4.72 Å². The number of nitrogens with one attached hydrogen (secondary N) is 1. The van der Waals surface area contributed by atoms with Crippen LogP contribution in [0.4, 0.5) is 0 Å². The van der Waals surface area contributed by atoms with Crippen LogP contribution in [0.5, 0.6) is 0 Å². The van der Waals surface area contributed by atoms with E-state index in [0.29, 0.717) is 6.54 Å². The van der Waals surface area contributed by atoms with E-state index in [9.17, 15) is 4.79 Å². The first kappa shape index (κ1) is 15.6. The van der Waals surface area contributed by atoms with Crippen LogP contribution in [0.1, 0.15) is 33.1 Å². The Morgan fingerprint density at radius 1 is 1.56 bits per heavy atom. The first-order valence-electron chi connectivity index (χ1n) is 5.24. The summed E-state index contributed by atoms with van der Waals surface area (Å²) in [6.07, 6.45) is 2.43. The molecular weight excluding hydrogens is 244 g/mol. The highest BCUT2D eigenvalue weighted by molar-refractivity contribution is 8.67. The highest BCUT2D eigenvalue weighted by Crippen LogP contribution is 2.12. The Balaban J connectivity index is 3.93. The molecule has 1 atom stereocenters. The third-order valence-corrected chi connectivity index (χ3v) is 2.88. The maximum Gasteiger partial charge on any atom is 0.153 e. The van der Waals surface area contributed by atoms with E-state index < -0.39 is 0 Å². The van der Waals surface area contributed by atoms with Gasteiger partial charge in [0.05, 0.1) is 6.04 Å². The molecule has 0 amide bonds. The predicted molar refractivity (Wildman–Crippen MR) is 71.2 cm³/mol. The minimum Gasteiger partial charge on any atom is -0.298 e. The van der Waals surface area contributed by atoms with E-state index in [4.69, 9.17) is 5.53 Å². The molecule has 7 heteroatoms. The molecular formula is C9H18N4OS2. The smallest absolute Gasteiger partial charge is 0.153 e. The number of hydrogen-bond acceptors (Lipinski definition) is 5. The number of thiol groups is 1. The molecule has 16 heavy (non-hydrogen) atoms. The summed E-state index contributed by atoms with van der Waals surface area (Å²) in [7, 11) is 1.17. The molecule has 0 aromatic rings. The number of carbonyl (C=O) groups is 1. The second kappa shape index (κ2) is 9.84. The average molecular weight is 262 g/mol. The van der Waals surface area contributed by atoms with Gasteiger partial charge < -0.3 is 0 Å². The third-order valence-electron chi connectivity index (χ3n) is 2.17. The Morgan fingerprint density at radius 2 is 2.25 bits per heavy atom. The SMILES string of the molecule is CC(C)C(=O)[C@H](CCCCN=[N+]=[N-])NSS. The molecule has 0 saturated heterocycles. The number of azide groups is 1. The van der Waals surface area contributed by atoms with Crippen molar-refractivity contribution in [3.63, 3.8) is 0 Å². The highest BCUT2D eigenvalue weighted by atomic mass is 33.1. The number of rotatable bonds is 9. The van der Waals surface area contributed by atoms with E-state index in [1.807, 2.05) is 13.8 Å². The molecule has 0 heterocycles. The monoisotopic (exact) mass is 262 g/mol. The van der Waals surface area contributed by atoms with E-state index in [2.05, 4.69) is 26.4 Å². The van der Waals surface area contributed by atoms with E-state index >= 15 is 0 Å². The van der Waals surface area contributed by atoms with Crippen molar-refractivity contribution in [3.8, 4) is 0 Å². The highest BCUT2D eigenvalue weighted by Gasteiger charge is 2.19. The van der Waals surface area contributed by atoms with Crippen LogP contribution in [0.25, 0.3) is 10.4 Å². The number of carbonyl (C=O) groups excluding carboxylic acids is 1. The van der Waals surface area contributed by atoms with Gasteiger partial charge in [0.25, 0.3) is 0 Å².